The van der Waals surface area contributed by atoms with Gasteiger partial charge in [-0.3, -0.25) is 9.78 Å². The van der Waals surface area contributed by atoms with Crippen LogP contribution in [0.1, 0.15) is 10.4 Å². The van der Waals surface area contributed by atoms with Crippen LogP contribution in [0.15, 0.2) is 46.0 Å². The van der Waals surface area contributed by atoms with Crippen LogP contribution in [0.3, 0.4) is 0 Å². The minimum atomic E-state index is -4.17. The number of nitrogens with zero attached hydrogens (tertiary/aromatic N) is 1. The Balaban J connectivity index is 2.25. The smallest absolute Gasteiger partial charge is 0.264 e. The van der Waals surface area contributed by atoms with Gasteiger partial charge in [0.25, 0.3) is 15.0 Å². The second-order valence-corrected chi connectivity index (χ2v) is 7.38. The molecule has 1 aromatic carbocycles. The monoisotopic (exact) mass is 392 g/mol. The number of carbonyl (C=O) groups is 1. The molecule has 9 heteroatoms. The van der Waals surface area contributed by atoms with E-state index < -0.39 is 25.7 Å². The average molecular weight is 394 g/mol. The second kappa shape index (κ2) is 6.08. The summed E-state index contributed by atoms with van der Waals surface area (Å²) >= 11 is 3.17. The Hall–Kier alpha value is -1.51. The highest BCUT2D eigenvalue weighted by atomic mass is 79.9. The van der Waals surface area contributed by atoms with E-state index in [4.69, 9.17) is 10.7 Å². The number of hydrogen-bond donors (Lipinski definition) is 1. The van der Waals surface area contributed by atoms with Crippen LogP contribution in [0.5, 0.6) is 0 Å². The van der Waals surface area contributed by atoms with Crippen molar-refractivity contribution in [3.63, 3.8) is 0 Å². The summed E-state index contributed by atoms with van der Waals surface area (Å²) in [5.41, 5.74) is 0.361. The van der Waals surface area contributed by atoms with Crippen molar-refractivity contribution < 1.29 is 17.6 Å². The molecule has 0 aliphatic rings. The molecule has 0 saturated carbocycles. The van der Waals surface area contributed by atoms with Crippen LogP contribution >= 0.6 is 26.6 Å². The summed E-state index contributed by atoms with van der Waals surface area (Å²) in [4.78, 5) is 15.1. The van der Waals surface area contributed by atoms with Gasteiger partial charge < -0.3 is 5.32 Å². The van der Waals surface area contributed by atoms with E-state index in [2.05, 4.69) is 26.2 Å². The Bertz CT molecular complexity index is 814. The molecular weight excluding hydrogens is 387 g/mol. The molecule has 2 rings (SSSR count). The zero-order valence-corrected chi connectivity index (χ0v) is 13.3. The predicted octanol–water partition coefficient (Wildman–Crippen LogP) is 3.16. The number of benzene rings is 1. The highest BCUT2D eigenvalue weighted by Crippen LogP contribution is 2.22. The molecule has 2 aromatic rings. The molecule has 0 atom stereocenters. The number of pyridine rings is 1. The van der Waals surface area contributed by atoms with Gasteiger partial charge in [-0.2, -0.15) is 0 Å². The van der Waals surface area contributed by atoms with E-state index in [0.717, 1.165) is 12.1 Å². The van der Waals surface area contributed by atoms with E-state index in [1.54, 1.807) is 0 Å². The maximum absolute atomic E-state index is 13.6. The zero-order chi connectivity index (χ0) is 15.6. The summed E-state index contributed by atoms with van der Waals surface area (Å²) in [7, 11) is 0.898. The number of carbonyl (C=O) groups excluding carboxylic acids is 1. The molecule has 5 nitrogen and oxygen atoms in total. The maximum Gasteiger partial charge on any atom is 0.264 e. The fourth-order valence-corrected chi connectivity index (χ4v) is 2.78. The number of amides is 1. The minimum absolute atomic E-state index is 0.0987. The van der Waals surface area contributed by atoms with E-state index in [0.29, 0.717) is 4.47 Å². The molecule has 0 aliphatic heterocycles. The Kier molecular flexibility index (Phi) is 4.60. The summed E-state index contributed by atoms with van der Waals surface area (Å²) in [5, 5.41) is 2.43. The standard InChI is InChI=1S/C12H7BrClFN2O3S/c13-8-3-7(5-16-6-8)12(18)17-9-1-2-11(10(15)4-9)21(14,19)20/h1-6H,(H,17,18). The first kappa shape index (κ1) is 15.9. The topological polar surface area (TPSA) is 76.1 Å². The molecule has 0 unspecified atom stereocenters. The highest BCUT2D eigenvalue weighted by Gasteiger charge is 2.17. The highest BCUT2D eigenvalue weighted by molar-refractivity contribution is 9.10. The van der Waals surface area contributed by atoms with E-state index in [-0.39, 0.29) is 11.3 Å². The van der Waals surface area contributed by atoms with Gasteiger partial charge in [0.2, 0.25) is 0 Å². The quantitative estimate of drug-likeness (QED) is 0.813. The van der Waals surface area contributed by atoms with Gasteiger partial charge >= 0.3 is 0 Å². The van der Waals surface area contributed by atoms with Gasteiger partial charge in [-0.05, 0) is 40.2 Å². The Labute approximate surface area is 132 Å². The summed E-state index contributed by atoms with van der Waals surface area (Å²) in [6, 6.07) is 4.63. The van der Waals surface area contributed by atoms with Gasteiger partial charge in [0.15, 0.2) is 0 Å². The van der Waals surface area contributed by atoms with Crippen LogP contribution in [0, 0.1) is 5.82 Å². The molecule has 1 heterocycles. The number of nitrogens with one attached hydrogen (secondary N) is 1. The third kappa shape index (κ3) is 3.99. The van der Waals surface area contributed by atoms with Crippen LogP contribution in [-0.2, 0) is 9.05 Å². The largest absolute Gasteiger partial charge is 0.322 e. The molecule has 1 aromatic heterocycles. The van der Waals surface area contributed by atoms with Crippen molar-refractivity contribution in [1.29, 1.82) is 0 Å². The van der Waals surface area contributed by atoms with Crippen molar-refractivity contribution in [2.45, 2.75) is 4.90 Å². The van der Waals surface area contributed by atoms with Crippen molar-refractivity contribution in [3.05, 3.63) is 52.5 Å². The fraction of sp³-hybridized carbons (Fsp3) is 0. The molecule has 0 bridgehead atoms. The van der Waals surface area contributed by atoms with Gasteiger partial charge in [-0.25, -0.2) is 12.8 Å². The van der Waals surface area contributed by atoms with Crippen LogP contribution in [0.25, 0.3) is 0 Å². The lowest BCUT2D eigenvalue weighted by Gasteiger charge is -2.06. The summed E-state index contributed by atoms with van der Waals surface area (Å²) < 4.78 is 36.4. The van der Waals surface area contributed by atoms with Gasteiger partial charge in [0.05, 0.1) is 5.56 Å². The summed E-state index contributed by atoms with van der Waals surface area (Å²) in [6.45, 7) is 0. The van der Waals surface area contributed by atoms with Crippen molar-refractivity contribution in [2.75, 3.05) is 5.32 Å². The number of anilines is 1. The Morgan fingerprint density at radius 2 is 2.00 bits per heavy atom. The first-order valence-electron chi connectivity index (χ1n) is 5.43. The normalized spacial score (nSPS) is 11.2. The van der Waals surface area contributed by atoms with Crippen molar-refractivity contribution in [2.24, 2.45) is 0 Å². The lowest BCUT2D eigenvalue weighted by atomic mass is 10.2. The van der Waals surface area contributed by atoms with Crippen LogP contribution in [0.4, 0.5) is 10.1 Å². The third-order valence-electron chi connectivity index (χ3n) is 2.42. The molecule has 1 N–H and O–H groups in total. The van der Waals surface area contributed by atoms with Crippen molar-refractivity contribution in [1.82, 2.24) is 4.98 Å². The molecule has 110 valence electrons. The molecule has 1 amide bonds. The molecule has 21 heavy (non-hydrogen) atoms. The first-order chi connectivity index (χ1) is 9.77. The predicted molar refractivity (Wildman–Crippen MR) is 79.3 cm³/mol. The first-order valence-corrected chi connectivity index (χ1v) is 8.54. The zero-order valence-electron chi connectivity index (χ0n) is 10.2. The molecule has 0 fully saturated rings. The Morgan fingerprint density at radius 3 is 2.57 bits per heavy atom. The lowest BCUT2D eigenvalue weighted by Crippen LogP contribution is -2.12. The van der Waals surface area contributed by atoms with Gasteiger partial charge in [0, 0.05) is 33.2 Å². The third-order valence-corrected chi connectivity index (χ3v) is 4.21. The number of halogens is 3. The van der Waals surface area contributed by atoms with E-state index in [1.807, 2.05) is 0 Å². The number of aromatic nitrogens is 1. The average Bonchev–Trinajstić information content (AvgIpc) is 2.37. The van der Waals surface area contributed by atoms with Crippen molar-refractivity contribution in [3.8, 4) is 0 Å². The summed E-state index contributed by atoms with van der Waals surface area (Å²) in [5.74, 6) is -1.56. The number of hydrogen-bond acceptors (Lipinski definition) is 4. The lowest BCUT2D eigenvalue weighted by molar-refractivity contribution is 0.102. The van der Waals surface area contributed by atoms with E-state index >= 15 is 0 Å². The molecule has 0 spiro atoms. The van der Waals surface area contributed by atoms with Gasteiger partial charge in [0.1, 0.15) is 10.7 Å². The molecule has 0 radical (unpaired) electrons. The number of rotatable bonds is 3. The van der Waals surface area contributed by atoms with Crippen LogP contribution in [0.2, 0.25) is 0 Å². The van der Waals surface area contributed by atoms with Crippen LogP contribution in [-0.4, -0.2) is 19.3 Å². The SMILES string of the molecule is O=C(Nc1ccc(S(=O)(=O)Cl)c(F)c1)c1cncc(Br)c1. The summed E-state index contributed by atoms with van der Waals surface area (Å²) in [6.07, 6.45) is 2.85. The fourth-order valence-electron chi connectivity index (χ4n) is 1.52. The van der Waals surface area contributed by atoms with Gasteiger partial charge in [-0.15, -0.1) is 0 Å². The molecule has 0 aliphatic carbocycles. The van der Waals surface area contributed by atoms with E-state index in [1.165, 1.54) is 24.5 Å². The van der Waals surface area contributed by atoms with Crippen LogP contribution < -0.4 is 5.32 Å². The molecule has 0 saturated heterocycles. The molecular formula is C12H7BrClFN2O3S. The minimum Gasteiger partial charge on any atom is -0.322 e. The van der Waals surface area contributed by atoms with Crippen molar-refractivity contribution >= 4 is 47.3 Å². The maximum atomic E-state index is 13.6. The van der Waals surface area contributed by atoms with E-state index in [9.17, 15) is 17.6 Å². The second-order valence-electron chi connectivity index (χ2n) is 3.93. The Morgan fingerprint density at radius 1 is 1.29 bits per heavy atom. The van der Waals surface area contributed by atoms with Gasteiger partial charge in [-0.1, -0.05) is 0 Å².